The van der Waals surface area contributed by atoms with Gasteiger partial charge in [0.2, 0.25) is 0 Å². The van der Waals surface area contributed by atoms with Gasteiger partial charge < -0.3 is 9.13 Å². The number of rotatable bonds is 3. The maximum Gasteiger partial charge on any atom is 0.0703 e. The first kappa shape index (κ1) is 27.3. The van der Waals surface area contributed by atoms with Gasteiger partial charge in [0.1, 0.15) is 0 Å². The van der Waals surface area contributed by atoms with Gasteiger partial charge in [0, 0.05) is 32.8 Å². The first-order valence-electron chi connectivity index (χ1n) is 17.1. The van der Waals surface area contributed by atoms with Crippen molar-refractivity contribution in [3.63, 3.8) is 0 Å². The van der Waals surface area contributed by atoms with Crippen molar-refractivity contribution in [1.82, 2.24) is 14.1 Å². The molecule has 0 radical (unpaired) electrons. The van der Waals surface area contributed by atoms with Gasteiger partial charge in [0.15, 0.2) is 0 Å². The van der Waals surface area contributed by atoms with Crippen LogP contribution in [0.5, 0.6) is 0 Å². The quantitative estimate of drug-likeness (QED) is 0.177. The lowest BCUT2D eigenvalue weighted by Crippen LogP contribution is -1.95. The van der Waals surface area contributed by atoms with E-state index in [2.05, 4.69) is 179 Å². The van der Waals surface area contributed by atoms with Crippen LogP contribution in [0.3, 0.4) is 0 Å². The van der Waals surface area contributed by atoms with Crippen LogP contribution in [0.25, 0.3) is 98.6 Å². The normalized spacial score (nSPS) is 12.0. The molecule has 0 amide bonds. The predicted octanol–water partition coefficient (Wildman–Crippen LogP) is 12.4. The summed E-state index contributed by atoms with van der Waals surface area (Å²) in [4.78, 5) is 5.03. The number of benzene rings is 8. The number of hydrogen-bond acceptors (Lipinski definition) is 1. The van der Waals surface area contributed by atoms with Crippen molar-refractivity contribution in [2.45, 2.75) is 0 Å². The Balaban J connectivity index is 1.07. The summed E-state index contributed by atoms with van der Waals surface area (Å²) in [6.07, 6.45) is 2.01. The second-order valence-corrected chi connectivity index (χ2v) is 13.2. The Hall–Kier alpha value is -6.71. The van der Waals surface area contributed by atoms with Gasteiger partial charge in [-0.05, 0) is 86.9 Å². The molecule has 8 aromatic carbocycles. The number of hydrogen-bond donors (Lipinski definition) is 0. The van der Waals surface area contributed by atoms with Gasteiger partial charge in [-0.1, -0.05) is 115 Å². The van der Waals surface area contributed by atoms with E-state index in [1.165, 1.54) is 81.6 Å². The molecule has 3 heterocycles. The SMILES string of the molecule is c1ccc2c(c1)c1cc(-c3ccc(-n4c5ccccc5c5ccccc54)cn3)ccc1c1ccc(-n3c4ccccc4c4ccccc43)cc21. The molecular weight excluding hydrogens is 607 g/mol. The lowest BCUT2D eigenvalue weighted by molar-refractivity contribution is 1.14. The van der Waals surface area contributed by atoms with Gasteiger partial charge in [-0.3, -0.25) is 4.98 Å². The Morgan fingerprint density at radius 2 is 0.700 bits per heavy atom. The molecule has 0 aliphatic rings. The molecule has 11 rings (SSSR count). The first-order chi connectivity index (χ1) is 24.8. The highest BCUT2D eigenvalue weighted by Gasteiger charge is 2.16. The zero-order valence-electron chi connectivity index (χ0n) is 27.1. The lowest BCUT2D eigenvalue weighted by Gasteiger charge is -2.15. The minimum atomic E-state index is 0.960. The van der Waals surface area contributed by atoms with Crippen molar-refractivity contribution in [2.24, 2.45) is 0 Å². The molecule has 0 unspecified atom stereocenters. The molecule has 0 saturated heterocycles. The van der Waals surface area contributed by atoms with E-state index < -0.39 is 0 Å². The molecule has 50 heavy (non-hydrogen) atoms. The van der Waals surface area contributed by atoms with E-state index in [1.807, 2.05) is 6.20 Å². The van der Waals surface area contributed by atoms with Crippen molar-refractivity contribution in [2.75, 3.05) is 0 Å². The predicted molar refractivity (Wildman–Crippen MR) is 211 cm³/mol. The number of para-hydroxylation sites is 4. The number of aromatic nitrogens is 3. The average Bonchev–Trinajstić information content (AvgIpc) is 3.71. The van der Waals surface area contributed by atoms with E-state index >= 15 is 0 Å². The molecule has 0 fully saturated rings. The second-order valence-electron chi connectivity index (χ2n) is 13.2. The molecule has 3 heteroatoms. The van der Waals surface area contributed by atoms with Crippen LogP contribution in [0, 0.1) is 0 Å². The van der Waals surface area contributed by atoms with Gasteiger partial charge in [-0.2, -0.15) is 0 Å². The van der Waals surface area contributed by atoms with Crippen LogP contribution in [-0.4, -0.2) is 14.1 Å². The third-order valence-electron chi connectivity index (χ3n) is 10.5. The van der Waals surface area contributed by atoms with E-state index in [0.29, 0.717) is 0 Å². The van der Waals surface area contributed by atoms with Crippen LogP contribution in [-0.2, 0) is 0 Å². The van der Waals surface area contributed by atoms with Crippen LogP contribution >= 0.6 is 0 Å². The maximum atomic E-state index is 5.03. The van der Waals surface area contributed by atoms with E-state index in [-0.39, 0.29) is 0 Å². The summed E-state index contributed by atoms with van der Waals surface area (Å²) in [5.74, 6) is 0. The topological polar surface area (TPSA) is 22.8 Å². The summed E-state index contributed by atoms with van der Waals surface area (Å²) in [5.41, 5.74) is 9.12. The Morgan fingerprint density at radius 3 is 1.20 bits per heavy atom. The number of nitrogens with zero attached hydrogens (tertiary/aromatic N) is 3. The minimum Gasteiger partial charge on any atom is -0.309 e. The Kier molecular flexibility index (Phi) is 5.67. The monoisotopic (exact) mass is 635 g/mol. The molecule has 0 aliphatic carbocycles. The molecule has 0 aliphatic heterocycles. The second kappa shape index (κ2) is 10.4. The van der Waals surface area contributed by atoms with Gasteiger partial charge in [-0.25, -0.2) is 0 Å². The average molecular weight is 636 g/mol. The third kappa shape index (κ3) is 3.83. The van der Waals surface area contributed by atoms with Crippen LogP contribution in [0.1, 0.15) is 0 Å². The highest BCUT2D eigenvalue weighted by atomic mass is 15.0. The van der Waals surface area contributed by atoms with Gasteiger partial charge >= 0.3 is 0 Å². The molecule has 3 aromatic heterocycles. The Labute approximate surface area is 287 Å². The van der Waals surface area contributed by atoms with E-state index in [9.17, 15) is 0 Å². The van der Waals surface area contributed by atoms with Crippen LogP contribution < -0.4 is 0 Å². The van der Waals surface area contributed by atoms with E-state index in [4.69, 9.17) is 4.98 Å². The van der Waals surface area contributed by atoms with Crippen molar-refractivity contribution < 1.29 is 0 Å². The highest BCUT2D eigenvalue weighted by Crippen LogP contribution is 2.40. The zero-order valence-corrected chi connectivity index (χ0v) is 27.1. The highest BCUT2D eigenvalue weighted by molar-refractivity contribution is 6.26. The van der Waals surface area contributed by atoms with Gasteiger partial charge in [0.25, 0.3) is 0 Å². The molecule has 0 N–H and O–H groups in total. The summed E-state index contributed by atoms with van der Waals surface area (Å²) in [6.45, 7) is 0. The summed E-state index contributed by atoms with van der Waals surface area (Å²) in [7, 11) is 0. The molecule has 3 nitrogen and oxygen atoms in total. The minimum absolute atomic E-state index is 0.960. The Bertz CT molecular complexity index is 3020. The fourth-order valence-corrected chi connectivity index (χ4v) is 8.33. The summed E-state index contributed by atoms with van der Waals surface area (Å²) in [6, 6.07) is 61.6. The van der Waals surface area contributed by atoms with Crippen molar-refractivity contribution in [3.05, 3.63) is 176 Å². The molecule has 0 atom stereocenters. The maximum absolute atomic E-state index is 5.03. The van der Waals surface area contributed by atoms with Crippen LogP contribution in [0.15, 0.2) is 176 Å². The molecule has 11 aromatic rings. The lowest BCUT2D eigenvalue weighted by atomic mass is 9.92. The zero-order chi connectivity index (χ0) is 32.8. The van der Waals surface area contributed by atoms with Crippen molar-refractivity contribution >= 4 is 75.9 Å². The fourth-order valence-electron chi connectivity index (χ4n) is 8.33. The van der Waals surface area contributed by atoms with Gasteiger partial charge in [0.05, 0.1) is 39.6 Å². The molecule has 232 valence electrons. The van der Waals surface area contributed by atoms with Crippen LogP contribution in [0.2, 0.25) is 0 Å². The molecule has 0 bridgehead atoms. The smallest absolute Gasteiger partial charge is 0.0703 e. The van der Waals surface area contributed by atoms with Crippen LogP contribution in [0.4, 0.5) is 0 Å². The largest absolute Gasteiger partial charge is 0.309 e. The summed E-state index contributed by atoms with van der Waals surface area (Å²) < 4.78 is 4.72. The molecule has 0 spiro atoms. The Morgan fingerprint density at radius 1 is 0.300 bits per heavy atom. The number of fused-ring (bicyclic) bond motifs is 12. The van der Waals surface area contributed by atoms with Crippen molar-refractivity contribution in [3.8, 4) is 22.6 Å². The molecule has 0 saturated carbocycles. The third-order valence-corrected chi connectivity index (χ3v) is 10.5. The summed E-state index contributed by atoms with van der Waals surface area (Å²) in [5, 5.41) is 12.6. The number of pyridine rings is 1. The van der Waals surface area contributed by atoms with Crippen molar-refractivity contribution in [1.29, 1.82) is 0 Å². The fraction of sp³-hybridized carbons (Fsp3) is 0. The first-order valence-corrected chi connectivity index (χ1v) is 17.1. The molecular formula is C47H29N3. The standard InChI is InChI=1S/C47H29N3/c1-2-12-34-33(11-1)41-27-30(43-26-23-32(29-48-43)50-46-19-9-5-15-39(46)40-16-6-10-20-47(40)50)21-24-35(41)36-25-22-31(28-42(34)36)49-44-17-7-3-13-37(44)38-14-4-8-18-45(38)49/h1-29H. The summed E-state index contributed by atoms with van der Waals surface area (Å²) >= 11 is 0. The van der Waals surface area contributed by atoms with E-state index in [1.54, 1.807) is 0 Å². The van der Waals surface area contributed by atoms with E-state index in [0.717, 1.165) is 16.9 Å². The van der Waals surface area contributed by atoms with Gasteiger partial charge in [-0.15, -0.1) is 0 Å².